The molecule has 3 aromatic rings. The topological polar surface area (TPSA) is 86.8 Å². The molecule has 1 N–H and O–H groups in total. The molecule has 0 saturated heterocycles. The van der Waals surface area contributed by atoms with E-state index in [1.807, 2.05) is 32.9 Å². The van der Waals surface area contributed by atoms with Crippen molar-refractivity contribution in [3.63, 3.8) is 0 Å². The molecule has 9 heteroatoms. The Hall–Kier alpha value is -3.36. The summed E-state index contributed by atoms with van der Waals surface area (Å²) >= 11 is 6.06. The Morgan fingerprint density at radius 3 is 2.02 bits per heavy atom. The molecule has 0 aliphatic carbocycles. The molecule has 7 nitrogen and oxygen atoms in total. The number of benzene rings is 3. The van der Waals surface area contributed by atoms with Gasteiger partial charge in [-0.05, 0) is 73.7 Å². The van der Waals surface area contributed by atoms with Gasteiger partial charge in [0.15, 0.2) is 0 Å². The van der Waals surface area contributed by atoms with E-state index in [0.717, 1.165) is 21.0 Å². The molecule has 0 aliphatic rings. The Morgan fingerprint density at radius 1 is 0.900 bits per heavy atom. The fourth-order valence-electron chi connectivity index (χ4n) is 4.39. The van der Waals surface area contributed by atoms with E-state index >= 15 is 0 Å². The number of carbonyl (C=O) groups excluding carboxylic acids is 2. The Balaban J connectivity index is 2.06. The maximum atomic E-state index is 14.0. The van der Waals surface area contributed by atoms with Gasteiger partial charge in [-0.1, -0.05) is 74.3 Å². The first-order valence-corrected chi connectivity index (χ1v) is 15.3. The van der Waals surface area contributed by atoms with Gasteiger partial charge in [-0.3, -0.25) is 13.9 Å². The summed E-state index contributed by atoms with van der Waals surface area (Å²) in [6, 6.07) is 20.0. The van der Waals surface area contributed by atoms with Crippen LogP contribution in [0, 0.1) is 6.92 Å². The average molecular weight is 584 g/mol. The monoisotopic (exact) mass is 583 g/mol. The molecule has 0 heterocycles. The lowest BCUT2D eigenvalue weighted by Gasteiger charge is -2.33. The fraction of sp³-hybridized carbons (Fsp3) is 0.355. The van der Waals surface area contributed by atoms with Crippen molar-refractivity contribution in [1.82, 2.24) is 10.2 Å². The van der Waals surface area contributed by atoms with Crippen LogP contribution in [-0.2, 0) is 26.2 Å². The van der Waals surface area contributed by atoms with Crippen molar-refractivity contribution in [2.45, 2.75) is 64.4 Å². The van der Waals surface area contributed by atoms with Crippen LogP contribution in [0.3, 0.4) is 0 Å². The lowest BCUT2D eigenvalue weighted by molar-refractivity contribution is -0.140. The molecular weight excluding hydrogens is 546 g/mol. The van der Waals surface area contributed by atoms with Crippen LogP contribution < -0.4 is 9.62 Å². The highest BCUT2D eigenvalue weighted by Gasteiger charge is 2.33. The summed E-state index contributed by atoms with van der Waals surface area (Å²) in [5.41, 5.74) is 3.12. The van der Waals surface area contributed by atoms with Crippen molar-refractivity contribution >= 4 is 39.1 Å². The Labute approximate surface area is 243 Å². The number of amides is 2. The number of nitrogens with one attached hydrogen (secondary N) is 1. The predicted molar refractivity (Wildman–Crippen MR) is 161 cm³/mol. The number of aryl methyl sites for hydroxylation is 1. The van der Waals surface area contributed by atoms with Crippen molar-refractivity contribution in [3.05, 3.63) is 94.5 Å². The number of hydrogen-bond donors (Lipinski definition) is 1. The second-order valence-electron chi connectivity index (χ2n) is 10.0. The van der Waals surface area contributed by atoms with Crippen LogP contribution in [0.2, 0.25) is 5.02 Å². The van der Waals surface area contributed by atoms with E-state index in [-0.39, 0.29) is 23.3 Å². The lowest BCUT2D eigenvalue weighted by Crippen LogP contribution is -2.52. The molecule has 3 rings (SSSR count). The maximum absolute atomic E-state index is 14.0. The lowest BCUT2D eigenvalue weighted by atomic mass is 10.0. The highest BCUT2D eigenvalue weighted by atomic mass is 35.5. The van der Waals surface area contributed by atoms with Gasteiger partial charge in [-0.2, -0.15) is 0 Å². The normalized spacial score (nSPS) is 12.2. The summed E-state index contributed by atoms with van der Waals surface area (Å²) in [4.78, 5) is 28.6. The number of halogens is 1. The zero-order valence-electron chi connectivity index (χ0n) is 23.7. The van der Waals surface area contributed by atoms with Crippen LogP contribution in [-0.4, -0.2) is 44.3 Å². The van der Waals surface area contributed by atoms with Crippen LogP contribution in [0.1, 0.15) is 56.7 Å². The van der Waals surface area contributed by atoms with Crippen LogP contribution in [0.25, 0.3) is 0 Å². The highest BCUT2D eigenvalue weighted by molar-refractivity contribution is 7.92. The van der Waals surface area contributed by atoms with E-state index in [4.69, 9.17) is 11.6 Å². The third-order valence-electron chi connectivity index (χ3n) is 6.74. The number of nitrogens with zero attached hydrogens (tertiary/aromatic N) is 2. The van der Waals surface area contributed by atoms with Gasteiger partial charge >= 0.3 is 0 Å². The van der Waals surface area contributed by atoms with Gasteiger partial charge in [0.1, 0.15) is 12.6 Å². The minimum atomic E-state index is -4.11. The Morgan fingerprint density at radius 2 is 1.50 bits per heavy atom. The molecule has 0 saturated carbocycles. The first-order valence-electron chi connectivity index (χ1n) is 13.5. The summed E-state index contributed by atoms with van der Waals surface area (Å²) in [5, 5.41) is 3.36. The molecule has 3 aromatic carbocycles. The van der Waals surface area contributed by atoms with E-state index in [9.17, 15) is 18.0 Å². The SMILES string of the molecule is CCNC(=O)C(CC)N(Cc1ccc(Cl)cc1)C(=O)CN(c1ccc(C(C)C)cc1)S(=O)(=O)c1ccc(C)cc1. The van der Waals surface area contributed by atoms with E-state index in [1.165, 1.54) is 4.90 Å². The van der Waals surface area contributed by atoms with Crippen LogP contribution in [0.15, 0.2) is 77.7 Å². The summed E-state index contributed by atoms with van der Waals surface area (Å²) in [6.07, 6.45) is 0.360. The molecule has 1 unspecified atom stereocenters. The second-order valence-corrected chi connectivity index (χ2v) is 12.3. The number of sulfonamides is 1. The van der Waals surface area contributed by atoms with Crippen molar-refractivity contribution in [2.24, 2.45) is 0 Å². The number of carbonyl (C=O) groups is 2. The van der Waals surface area contributed by atoms with Gasteiger partial charge in [0, 0.05) is 18.1 Å². The number of anilines is 1. The highest BCUT2D eigenvalue weighted by Crippen LogP contribution is 2.27. The van der Waals surface area contributed by atoms with Crippen LogP contribution >= 0.6 is 11.6 Å². The van der Waals surface area contributed by atoms with Crippen LogP contribution in [0.5, 0.6) is 0 Å². The van der Waals surface area contributed by atoms with Gasteiger partial charge in [0.25, 0.3) is 10.0 Å². The summed E-state index contributed by atoms with van der Waals surface area (Å²) in [6.45, 7) is 9.69. The summed E-state index contributed by atoms with van der Waals surface area (Å²) in [5.74, 6) is -0.520. The molecule has 0 aromatic heterocycles. The van der Waals surface area contributed by atoms with Crippen molar-refractivity contribution in [3.8, 4) is 0 Å². The van der Waals surface area contributed by atoms with Gasteiger partial charge in [0.2, 0.25) is 11.8 Å². The third-order valence-corrected chi connectivity index (χ3v) is 8.78. The zero-order chi connectivity index (χ0) is 29.4. The predicted octanol–water partition coefficient (Wildman–Crippen LogP) is 5.91. The molecule has 40 heavy (non-hydrogen) atoms. The molecule has 0 aliphatic heterocycles. The van der Waals surface area contributed by atoms with Gasteiger partial charge in [0.05, 0.1) is 10.6 Å². The molecule has 1 atom stereocenters. The minimum absolute atomic E-state index is 0.0823. The maximum Gasteiger partial charge on any atom is 0.264 e. The summed E-state index contributed by atoms with van der Waals surface area (Å²) in [7, 11) is -4.11. The molecule has 0 fully saturated rings. The van der Waals surface area contributed by atoms with Gasteiger partial charge < -0.3 is 10.2 Å². The van der Waals surface area contributed by atoms with E-state index in [2.05, 4.69) is 19.2 Å². The van der Waals surface area contributed by atoms with E-state index in [0.29, 0.717) is 23.7 Å². The van der Waals surface area contributed by atoms with Crippen LogP contribution in [0.4, 0.5) is 5.69 Å². The molecule has 2 amide bonds. The number of likely N-dealkylation sites (N-methyl/N-ethyl adjacent to an activating group) is 1. The molecule has 0 bridgehead atoms. The molecule has 214 valence electrons. The van der Waals surface area contributed by atoms with Gasteiger partial charge in [-0.25, -0.2) is 8.42 Å². The van der Waals surface area contributed by atoms with E-state index < -0.39 is 28.5 Å². The fourth-order valence-corrected chi connectivity index (χ4v) is 5.93. The van der Waals surface area contributed by atoms with Crippen molar-refractivity contribution in [2.75, 3.05) is 17.4 Å². The van der Waals surface area contributed by atoms with Crippen molar-refractivity contribution in [1.29, 1.82) is 0 Å². The largest absolute Gasteiger partial charge is 0.355 e. The zero-order valence-corrected chi connectivity index (χ0v) is 25.3. The number of rotatable bonds is 12. The molecule has 0 spiro atoms. The second kappa shape index (κ2) is 13.8. The quantitative estimate of drug-likeness (QED) is 0.287. The van der Waals surface area contributed by atoms with Gasteiger partial charge in [-0.15, -0.1) is 0 Å². The molecule has 0 radical (unpaired) electrons. The Kier molecular flexibility index (Phi) is 10.8. The standard InChI is InChI=1S/C31H38ClN3O4S/c1-6-29(31(37)33-7-2)34(20-24-10-14-26(32)15-11-24)30(36)21-35(27-16-12-25(13-17-27)22(3)4)40(38,39)28-18-8-23(5)9-19-28/h8-19,22,29H,6-7,20-21H2,1-5H3,(H,33,37). The first-order chi connectivity index (χ1) is 19.0. The summed E-state index contributed by atoms with van der Waals surface area (Å²) < 4.78 is 29.0. The molecular formula is C31H38ClN3O4S. The minimum Gasteiger partial charge on any atom is -0.355 e. The first kappa shape index (κ1) is 31.2. The average Bonchev–Trinajstić information content (AvgIpc) is 2.93. The van der Waals surface area contributed by atoms with E-state index in [1.54, 1.807) is 60.7 Å². The Bertz CT molecular complexity index is 1390. The number of hydrogen-bond acceptors (Lipinski definition) is 4. The van der Waals surface area contributed by atoms with Crippen molar-refractivity contribution < 1.29 is 18.0 Å². The third kappa shape index (κ3) is 7.64. The smallest absolute Gasteiger partial charge is 0.264 e.